The molecular weight excluding hydrogens is 370 g/mol. The van der Waals surface area contributed by atoms with Crippen LogP contribution in [0, 0.1) is 6.92 Å². The van der Waals surface area contributed by atoms with Gasteiger partial charge in [-0.2, -0.15) is 0 Å². The van der Waals surface area contributed by atoms with Gasteiger partial charge in [0, 0.05) is 24.7 Å². The molecule has 1 amide bonds. The number of anilines is 1. The molecule has 0 saturated heterocycles. The molecule has 5 rings (SSSR count). The lowest BCUT2D eigenvalue weighted by molar-refractivity contribution is 0.0985. The van der Waals surface area contributed by atoms with Crippen molar-refractivity contribution in [3.8, 4) is 0 Å². The first kappa shape index (κ1) is 17.6. The smallest absolute Gasteiger partial charge is 0.268 e. The Morgan fingerprint density at radius 2 is 2.04 bits per heavy atom. The van der Waals surface area contributed by atoms with Crippen molar-refractivity contribution in [2.24, 2.45) is 0 Å². The van der Waals surface area contributed by atoms with E-state index in [9.17, 15) is 9.59 Å². The first-order valence-corrected chi connectivity index (χ1v) is 10.8. The van der Waals surface area contributed by atoms with E-state index >= 15 is 0 Å². The average Bonchev–Trinajstić information content (AvgIpc) is 3.07. The van der Waals surface area contributed by atoms with Crippen LogP contribution < -0.4 is 10.5 Å². The average molecular weight is 394 g/mol. The highest BCUT2D eigenvalue weighted by Gasteiger charge is 2.33. The van der Waals surface area contributed by atoms with Gasteiger partial charge in [0.25, 0.3) is 11.5 Å². The number of amides is 1. The summed E-state index contributed by atoms with van der Waals surface area (Å²) in [7, 11) is 0. The van der Waals surface area contributed by atoms with E-state index in [0.29, 0.717) is 15.1 Å². The summed E-state index contributed by atoms with van der Waals surface area (Å²) in [6.07, 6.45) is 4.90. The SMILES string of the molecule is Cc1c(C(=O)N2c3ccccc3C[C@@H]2C)sc2nc3n(c(=O)c12)CCCCC3. The number of para-hydroxylation sites is 1. The quantitative estimate of drug-likeness (QED) is 0.626. The fourth-order valence-corrected chi connectivity index (χ4v) is 5.73. The molecule has 4 heterocycles. The number of fused-ring (bicyclic) bond motifs is 3. The summed E-state index contributed by atoms with van der Waals surface area (Å²) < 4.78 is 1.83. The van der Waals surface area contributed by atoms with Crippen molar-refractivity contribution < 1.29 is 4.79 Å². The molecule has 28 heavy (non-hydrogen) atoms. The van der Waals surface area contributed by atoms with Crippen LogP contribution in [0.1, 0.15) is 52.8 Å². The Labute approximate surface area is 167 Å². The summed E-state index contributed by atoms with van der Waals surface area (Å²) in [5.74, 6) is 0.854. The molecule has 0 saturated carbocycles. The van der Waals surface area contributed by atoms with Gasteiger partial charge in [0.1, 0.15) is 10.7 Å². The Bertz CT molecular complexity index is 1160. The second kappa shape index (κ2) is 6.55. The number of aryl methyl sites for hydroxylation is 2. The number of aromatic nitrogens is 2. The molecule has 0 fully saturated rings. The standard InChI is InChI=1S/C22H23N3O2S/c1-13-12-15-8-5-6-9-16(15)25(13)22(27)19-14(2)18-20(28-19)23-17-10-4-3-7-11-24(17)21(18)26/h5-6,8-9,13H,3-4,7,10-12H2,1-2H3/t13-/m0/s1. The van der Waals surface area contributed by atoms with E-state index < -0.39 is 0 Å². The van der Waals surface area contributed by atoms with Gasteiger partial charge in [-0.05, 0) is 50.3 Å². The third-order valence-electron chi connectivity index (χ3n) is 6.03. The van der Waals surface area contributed by atoms with E-state index in [2.05, 4.69) is 13.0 Å². The van der Waals surface area contributed by atoms with Crippen LogP contribution in [0.3, 0.4) is 0 Å². The van der Waals surface area contributed by atoms with E-state index in [1.165, 1.54) is 16.9 Å². The maximum atomic E-state index is 13.5. The number of benzene rings is 1. The Hall–Kier alpha value is -2.47. The molecule has 2 aromatic heterocycles. The Balaban J connectivity index is 1.64. The molecule has 0 spiro atoms. The van der Waals surface area contributed by atoms with Gasteiger partial charge in [0.15, 0.2) is 0 Å². The van der Waals surface area contributed by atoms with Crippen molar-refractivity contribution in [1.82, 2.24) is 9.55 Å². The molecule has 144 valence electrons. The van der Waals surface area contributed by atoms with E-state index in [0.717, 1.165) is 55.7 Å². The van der Waals surface area contributed by atoms with Gasteiger partial charge >= 0.3 is 0 Å². The summed E-state index contributed by atoms with van der Waals surface area (Å²) in [6.45, 7) is 4.70. The Morgan fingerprint density at radius 3 is 2.89 bits per heavy atom. The molecule has 5 nitrogen and oxygen atoms in total. The van der Waals surface area contributed by atoms with Crippen molar-refractivity contribution in [2.75, 3.05) is 4.90 Å². The Morgan fingerprint density at radius 1 is 1.21 bits per heavy atom. The summed E-state index contributed by atoms with van der Waals surface area (Å²) in [6, 6.07) is 8.19. The zero-order valence-corrected chi connectivity index (χ0v) is 17.0. The molecular formula is C22H23N3O2S. The maximum Gasteiger partial charge on any atom is 0.268 e. The third kappa shape index (κ3) is 2.54. The molecule has 1 aromatic carbocycles. The molecule has 0 unspecified atom stereocenters. The molecule has 2 aliphatic heterocycles. The fraction of sp³-hybridized carbons (Fsp3) is 0.409. The zero-order chi connectivity index (χ0) is 19.4. The second-order valence-electron chi connectivity index (χ2n) is 7.89. The lowest BCUT2D eigenvalue weighted by Gasteiger charge is -2.22. The predicted octanol–water partition coefficient (Wildman–Crippen LogP) is 4.08. The number of nitrogens with zero attached hydrogens (tertiary/aromatic N) is 3. The van der Waals surface area contributed by atoms with Gasteiger partial charge in [-0.1, -0.05) is 24.6 Å². The number of thiophene rings is 1. The van der Waals surface area contributed by atoms with Gasteiger partial charge in [-0.3, -0.25) is 14.2 Å². The van der Waals surface area contributed by atoms with Crippen LogP contribution in [0.5, 0.6) is 0 Å². The lowest BCUT2D eigenvalue weighted by Crippen LogP contribution is -2.35. The van der Waals surface area contributed by atoms with Gasteiger partial charge < -0.3 is 4.90 Å². The van der Waals surface area contributed by atoms with Crippen LogP contribution in [-0.2, 0) is 19.4 Å². The minimum atomic E-state index is -0.0162. The van der Waals surface area contributed by atoms with Crippen LogP contribution in [-0.4, -0.2) is 21.5 Å². The predicted molar refractivity (Wildman–Crippen MR) is 113 cm³/mol. The van der Waals surface area contributed by atoms with Crippen LogP contribution in [0.25, 0.3) is 10.2 Å². The van der Waals surface area contributed by atoms with E-state index in [4.69, 9.17) is 4.98 Å². The molecule has 2 aliphatic rings. The lowest BCUT2D eigenvalue weighted by atomic mass is 10.1. The van der Waals surface area contributed by atoms with E-state index in [1.54, 1.807) is 0 Å². The monoisotopic (exact) mass is 393 g/mol. The van der Waals surface area contributed by atoms with Crippen LogP contribution in [0.4, 0.5) is 5.69 Å². The van der Waals surface area contributed by atoms with E-state index in [1.807, 2.05) is 34.6 Å². The van der Waals surface area contributed by atoms with Crippen LogP contribution in [0.15, 0.2) is 29.1 Å². The molecule has 1 atom stereocenters. The highest BCUT2D eigenvalue weighted by molar-refractivity contribution is 7.20. The Kier molecular flexibility index (Phi) is 4.12. The van der Waals surface area contributed by atoms with Crippen molar-refractivity contribution in [2.45, 2.75) is 58.5 Å². The largest absolute Gasteiger partial charge is 0.304 e. The molecule has 0 radical (unpaired) electrons. The minimum absolute atomic E-state index is 0.0162. The van der Waals surface area contributed by atoms with E-state index in [-0.39, 0.29) is 17.5 Å². The number of rotatable bonds is 1. The molecule has 3 aromatic rings. The van der Waals surface area contributed by atoms with Crippen molar-refractivity contribution in [3.05, 3.63) is 56.4 Å². The first-order valence-electron chi connectivity index (χ1n) is 10.0. The van der Waals surface area contributed by atoms with Crippen molar-refractivity contribution in [3.63, 3.8) is 0 Å². The minimum Gasteiger partial charge on any atom is -0.304 e. The zero-order valence-electron chi connectivity index (χ0n) is 16.2. The normalized spacial score (nSPS) is 18.8. The number of carbonyl (C=O) groups is 1. The molecule has 0 bridgehead atoms. The van der Waals surface area contributed by atoms with Gasteiger partial charge in [-0.15, -0.1) is 11.3 Å². The number of carbonyl (C=O) groups excluding carboxylic acids is 1. The van der Waals surface area contributed by atoms with Gasteiger partial charge in [0.05, 0.1) is 10.3 Å². The highest BCUT2D eigenvalue weighted by Crippen LogP contribution is 2.36. The summed E-state index contributed by atoms with van der Waals surface area (Å²) in [5.41, 5.74) is 2.98. The second-order valence-corrected chi connectivity index (χ2v) is 8.89. The number of hydrogen-bond acceptors (Lipinski definition) is 4. The summed E-state index contributed by atoms with van der Waals surface area (Å²) in [5, 5.41) is 0.624. The maximum absolute atomic E-state index is 13.5. The van der Waals surface area contributed by atoms with Crippen molar-refractivity contribution >= 4 is 33.1 Å². The highest BCUT2D eigenvalue weighted by atomic mass is 32.1. The number of hydrogen-bond donors (Lipinski definition) is 0. The fourth-order valence-electron chi connectivity index (χ4n) is 4.60. The third-order valence-corrected chi connectivity index (χ3v) is 7.21. The van der Waals surface area contributed by atoms with Gasteiger partial charge in [0.2, 0.25) is 0 Å². The van der Waals surface area contributed by atoms with Crippen LogP contribution in [0.2, 0.25) is 0 Å². The molecule has 0 aliphatic carbocycles. The van der Waals surface area contributed by atoms with Crippen molar-refractivity contribution in [1.29, 1.82) is 0 Å². The topological polar surface area (TPSA) is 55.2 Å². The van der Waals surface area contributed by atoms with Crippen LogP contribution >= 0.6 is 11.3 Å². The molecule has 6 heteroatoms. The molecule has 0 N–H and O–H groups in total. The summed E-state index contributed by atoms with van der Waals surface area (Å²) >= 11 is 1.37. The van der Waals surface area contributed by atoms with Gasteiger partial charge in [-0.25, -0.2) is 4.98 Å². The summed E-state index contributed by atoms with van der Waals surface area (Å²) in [4.78, 5) is 34.7. The first-order chi connectivity index (χ1) is 13.6.